The van der Waals surface area contributed by atoms with Crippen LogP contribution in [0.15, 0.2) is 29.1 Å². The van der Waals surface area contributed by atoms with Crippen LogP contribution >= 0.6 is 0 Å². The lowest BCUT2D eigenvalue weighted by molar-refractivity contribution is 0.281. The van der Waals surface area contributed by atoms with Gasteiger partial charge in [-0.3, -0.25) is 0 Å². The van der Waals surface area contributed by atoms with E-state index >= 15 is 0 Å². The first kappa shape index (κ1) is 12.4. The van der Waals surface area contributed by atoms with Crippen LogP contribution in [-0.2, 0) is 6.61 Å². The number of aromatic nitrogens is 2. The number of nitrogens with zero attached hydrogens (tertiary/aromatic N) is 2. The zero-order valence-electron chi connectivity index (χ0n) is 10.3. The van der Waals surface area contributed by atoms with Crippen molar-refractivity contribution in [3.8, 4) is 11.5 Å². The third-order valence-corrected chi connectivity index (χ3v) is 2.48. The van der Waals surface area contributed by atoms with Gasteiger partial charge in [0.15, 0.2) is 6.61 Å². The minimum Gasteiger partial charge on any atom is -0.497 e. The van der Waals surface area contributed by atoms with Crippen molar-refractivity contribution in [3.05, 3.63) is 36.0 Å². The third kappa shape index (κ3) is 2.78. The van der Waals surface area contributed by atoms with E-state index in [2.05, 4.69) is 14.7 Å². The number of hydrogen-bond donors (Lipinski definition) is 1. The van der Waals surface area contributed by atoms with Crippen molar-refractivity contribution >= 4 is 0 Å². The summed E-state index contributed by atoms with van der Waals surface area (Å²) in [7, 11) is 1.60. The van der Waals surface area contributed by atoms with Gasteiger partial charge in [0.2, 0.25) is 12.2 Å². The lowest BCUT2D eigenvalue weighted by Crippen LogP contribution is -2.08. The first-order valence-corrected chi connectivity index (χ1v) is 5.52. The van der Waals surface area contributed by atoms with E-state index in [1.54, 1.807) is 13.2 Å². The van der Waals surface area contributed by atoms with E-state index in [-0.39, 0.29) is 12.6 Å². The van der Waals surface area contributed by atoms with Crippen molar-refractivity contribution in [1.82, 2.24) is 10.1 Å². The summed E-state index contributed by atoms with van der Waals surface area (Å²) in [5.74, 6) is 1.85. The van der Waals surface area contributed by atoms with Gasteiger partial charge in [-0.2, -0.15) is 4.98 Å². The Hall–Kier alpha value is -2.08. The van der Waals surface area contributed by atoms with Crippen molar-refractivity contribution in [2.24, 2.45) is 5.73 Å². The van der Waals surface area contributed by atoms with E-state index in [1.807, 2.05) is 19.1 Å². The molecule has 18 heavy (non-hydrogen) atoms. The molecule has 0 saturated carbocycles. The van der Waals surface area contributed by atoms with Crippen LogP contribution in [0.25, 0.3) is 0 Å². The van der Waals surface area contributed by atoms with E-state index in [0.717, 1.165) is 5.56 Å². The molecule has 0 saturated heterocycles. The van der Waals surface area contributed by atoms with Gasteiger partial charge in [-0.15, -0.1) is 0 Å². The molecule has 0 amide bonds. The number of hydrogen-bond acceptors (Lipinski definition) is 6. The van der Waals surface area contributed by atoms with Crippen LogP contribution in [0.3, 0.4) is 0 Å². The smallest absolute Gasteiger partial charge is 0.213 e. The molecule has 1 heterocycles. The molecule has 2 rings (SSSR count). The molecule has 2 N–H and O–H groups in total. The molecule has 0 spiro atoms. The van der Waals surface area contributed by atoms with E-state index in [1.165, 1.54) is 6.39 Å². The minimum atomic E-state index is -0.129. The molecule has 96 valence electrons. The molecule has 6 heteroatoms. The van der Waals surface area contributed by atoms with Crippen LogP contribution in [0.2, 0.25) is 0 Å². The summed E-state index contributed by atoms with van der Waals surface area (Å²) in [6, 6.07) is 5.39. The fraction of sp³-hybridized carbons (Fsp3) is 0.333. The molecule has 2 aromatic rings. The van der Waals surface area contributed by atoms with Crippen molar-refractivity contribution in [2.45, 2.75) is 19.6 Å². The quantitative estimate of drug-likeness (QED) is 0.867. The molecule has 6 nitrogen and oxygen atoms in total. The van der Waals surface area contributed by atoms with Gasteiger partial charge in [-0.25, -0.2) is 0 Å². The monoisotopic (exact) mass is 249 g/mol. The van der Waals surface area contributed by atoms with Gasteiger partial charge in [0, 0.05) is 17.7 Å². The predicted octanol–water partition coefficient (Wildman–Crippen LogP) is 1.68. The Kier molecular flexibility index (Phi) is 3.78. The number of nitrogens with two attached hydrogens (primary N) is 1. The fourth-order valence-electron chi connectivity index (χ4n) is 1.54. The third-order valence-electron chi connectivity index (χ3n) is 2.48. The van der Waals surface area contributed by atoms with Crippen LogP contribution in [0.5, 0.6) is 11.5 Å². The van der Waals surface area contributed by atoms with Crippen molar-refractivity contribution in [1.29, 1.82) is 0 Å². The number of benzene rings is 1. The summed E-state index contributed by atoms with van der Waals surface area (Å²) in [5.41, 5.74) is 6.79. The Morgan fingerprint density at radius 2 is 2.28 bits per heavy atom. The summed E-state index contributed by atoms with van der Waals surface area (Å²) in [4.78, 5) is 3.88. The largest absolute Gasteiger partial charge is 0.497 e. The maximum absolute atomic E-state index is 5.88. The average molecular weight is 249 g/mol. The lowest BCUT2D eigenvalue weighted by atomic mass is 10.1. The van der Waals surface area contributed by atoms with Gasteiger partial charge in [0.1, 0.15) is 11.5 Å². The summed E-state index contributed by atoms with van der Waals surface area (Å²) >= 11 is 0. The molecule has 0 aliphatic heterocycles. The topological polar surface area (TPSA) is 83.4 Å². The summed E-state index contributed by atoms with van der Waals surface area (Å²) < 4.78 is 15.4. The zero-order valence-corrected chi connectivity index (χ0v) is 10.3. The van der Waals surface area contributed by atoms with E-state index in [9.17, 15) is 0 Å². The zero-order chi connectivity index (χ0) is 13.0. The van der Waals surface area contributed by atoms with Gasteiger partial charge in [-0.1, -0.05) is 11.2 Å². The van der Waals surface area contributed by atoms with E-state index < -0.39 is 0 Å². The Morgan fingerprint density at radius 3 is 2.89 bits per heavy atom. The van der Waals surface area contributed by atoms with Crippen LogP contribution in [-0.4, -0.2) is 17.3 Å². The molecule has 0 aliphatic rings. The fourth-order valence-corrected chi connectivity index (χ4v) is 1.54. The average Bonchev–Trinajstić information content (AvgIpc) is 2.88. The van der Waals surface area contributed by atoms with E-state index in [4.69, 9.17) is 15.2 Å². The second kappa shape index (κ2) is 5.50. The van der Waals surface area contributed by atoms with Gasteiger partial charge >= 0.3 is 0 Å². The highest BCUT2D eigenvalue weighted by molar-refractivity contribution is 5.42. The molecule has 0 fully saturated rings. The molecular weight excluding hydrogens is 234 g/mol. The Labute approximate surface area is 105 Å². The van der Waals surface area contributed by atoms with Crippen molar-refractivity contribution in [2.75, 3.05) is 7.11 Å². The van der Waals surface area contributed by atoms with E-state index in [0.29, 0.717) is 17.3 Å². The highest BCUT2D eigenvalue weighted by atomic mass is 16.5. The van der Waals surface area contributed by atoms with Crippen LogP contribution in [0, 0.1) is 0 Å². The predicted molar refractivity (Wildman–Crippen MR) is 64.2 cm³/mol. The van der Waals surface area contributed by atoms with Crippen LogP contribution < -0.4 is 15.2 Å². The van der Waals surface area contributed by atoms with Gasteiger partial charge in [0.25, 0.3) is 0 Å². The minimum absolute atomic E-state index is 0.129. The highest BCUT2D eigenvalue weighted by Crippen LogP contribution is 2.29. The molecule has 1 aromatic heterocycles. The van der Waals surface area contributed by atoms with Gasteiger partial charge in [0.05, 0.1) is 7.11 Å². The number of ether oxygens (including phenoxy) is 2. The Bertz CT molecular complexity index is 497. The first-order valence-electron chi connectivity index (χ1n) is 5.52. The molecule has 0 aliphatic carbocycles. The maximum Gasteiger partial charge on any atom is 0.213 e. The second-order valence-electron chi connectivity index (χ2n) is 3.83. The standard InChI is InChI=1S/C12H15N3O3/c1-8(13)10-4-3-9(16-2)5-11(10)17-6-12-14-7-18-15-12/h3-5,7-8H,6,13H2,1-2H3/t8-/m1/s1. The van der Waals surface area contributed by atoms with Crippen molar-refractivity contribution < 1.29 is 14.0 Å². The summed E-state index contributed by atoms with van der Waals surface area (Å²) in [6.07, 6.45) is 1.26. The van der Waals surface area contributed by atoms with Gasteiger partial charge in [-0.05, 0) is 13.0 Å². The normalized spacial score (nSPS) is 12.2. The summed E-state index contributed by atoms with van der Waals surface area (Å²) in [6.45, 7) is 2.12. The number of methoxy groups -OCH3 is 1. The van der Waals surface area contributed by atoms with Gasteiger partial charge < -0.3 is 19.7 Å². The molecule has 1 aromatic carbocycles. The lowest BCUT2D eigenvalue weighted by Gasteiger charge is -2.14. The first-order chi connectivity index (χ1) is 8.70. The van der Waals surface area contributed by atoms with Crippen LogP contribution in [0.1, 0.15) is 24.4 Å². The Morgan fingerprint density at radius 1 is 1.44 bits per heavy atom. The summed E-state index contributed by atoms with van der Waals surface area (Å²) in [5, 5.41) is 3.67. The molecule has 0 radical (unpaired) electrons. The van der Waals surface area contributed by atoms with Crippen molar-refractivity contribution in [3.63, 3.8) is 0 Å². The SMILES string of the molecule is COc1ccc([C@@H](C)N)c(OCc2ncon2)c1. The number of rotatable bonds is 5. The Balaban J connectivity index is 2.18. The molecular formula is C12H15N3O3. The molecule has 0 bridgehead atoms. The second-order valence-corrected chi connectivity index (χ2v) is 3.83. The van der Waals surface area contributed by atoms with Crippen LogP contribution in [0.4, 0.5) is 0 Å². The highest BCUT2D eigenvalue weighted by Gasteiger charge is 2.10. The maximum atomic E-state index is 5.88. The molecule has 0 unspecified atom stereocenters. The molecule has 1 atom stereocenters.